The van der Waals surface area contributed by atoms with Crippen molar-refractivity contribution in [3.8, 4) is 0 Å². The third-order valence-corrected chi connectivity index (χ3v) is 3.46. The van der Waals surface area contributed by atoms with E-state index in [0.717, 1.165) is 6.04 Å². The molecule has 1 saturated heterocycles. The molecule has 0 amide bonds. The predicted octanol–water partition coefficient (Wildman–Crippen LogP) is 2.25. The van der Waals surface area contributed by atoms with Crippen molar-refractivity contribution >= 4 is 0 Å². The molecule has 0 spiro atoms. The lowest BCUT2D eigenvalue weighted by atomic mass is 9.98. The summed E-state index contributed by atoms with van der Waals surface area (Å²) in [5, 5.41) is 3.61. The first-order valence-electron chi connectivity index (χ1n) is 6.04. The van der Waals surface area contributed by atoms with E-state index < -0.39 is 0 Å². The third-order valence-electron chi connectivity index (χ3n) is 3.46. The highest BCUT2D eigenvalue weighted by molar-refractivity contribution is 4.82. The average Bonchev–Trinajstić information content (AvgIpc) is 2.12. The molecule has 0 saturated carbocycles. The summed E-state index contributed by atoms with van der Waals surface area (Å²) in [5.74, 6) is 0. The van der Waals surface area contributed by atoms with Crippen LogP contribution < -0.4 is 5.32 Å². The van der Waals surface area contributed by atoms with Crippen LogP contribution in [0.5, 0.6) is 0 Å². The normalized spacial score (nSPS) is 26.6. The number of nitrogens with zero attached hydrogens (tertiary/aromatic N) is 1. The zero-order chi connectivity index (χ0) is 10.6. The van der Waals surface area contributed by atoms with Crippen LogP contribution in [0.15, 0.2) is 0 Å². The lowest BCUT2D eigenvalue weighted by molar-refractivity contribution is 0.159. The number of rotatable bonds is 2. The summed E-state index contributed by atoms with van der Waals surface area (Å²) in [7, 11) is 0. The molecule has 0 aromatic carbocycles. The van der Waals surface area contributed by atoms with Crippen molar-refractivity contribution in [3.05, 3.63) is 0 Å². The molecule has 1 atom stereocenters. The second kappa shape index (κ2) is 5.13. The van der Waals surface area contributed by atoms with Crippen molar-refractivity contribution in [2.75, 3.05) is 19.6 Å². The van der Waals surface area contributed by atoms with Crippen LogP contribution in [0, 0.1) is 0 Å². The van der Waals surface area contributed by atoms with Gasteiger partial charge in [0.2, 0.25) is 0 Å². The maximum Gasteiger partial charge on any atom is 0.0137 e. The van der Waals surface area contributed by atoms with Crippen LogP contribution in [0.3, 0.4) is 0 Å². The largest absolute Gasteiger partial charge is 0.312 e. The van der Waals surface area contributed by atoms with Crippen LogP contribution in [-0.2, 0) is 0 Å². The fourth-order valence-electron chi connectivity index (χ4n) is 2.03. The lowest BCUT2D eigenvalue weighted by Crippen LogP contribution is -2.48. The van der Waals surface area contributed by atoms with E-state index >= 15 is 0 Å². The molecular formula is C12H26N2. The third kappa shape index (κ3) is 3.58. The zero-order valence-electron chi connectivity index (χ0n) is 10.3. The maximum absolute atomic E-state index is 3.61. The van der Waals surface area contributed by atoms with E-state index in [2.05, 4.69) is 37.9 Å². The van der Waals surface area contributed by atoms with Gasteiger partial charge in [0.05, 0.1) is 0 Å². The highest BCUT2D eigenvalue weighted by Crippen LogP contribution is 2.15. The van der Waals surface area contributed by atoms with E-state index in [9.17, 15) is 0 Å². The fourth-order valence-corrected chi connectivity index (χ4v) is 2.03. The van der Waals surface area contributed by atoms with Gasteiger partial charge in [-0.15, -0.1) is 0 Å². The zero-order valence-corrected chi connectivity index (χ0v) is 10.3. The Bertz CT molecular complexity index is 166. The van der Waals surface area contributed by atoms with Crippen molar-refractivity contribution in [1.82, 2.24) is 10.2 Å². The van der Waals surface area contributed by atoms with Gasteiger partial charge >= 0.3 is 0 Å². The smallest absolute Gasteiger partial charge is 0.0137 e. The van der Waals surface area contributed by atoms with E-state index in [0.29, 0.717) is 5.54 Å². The second-order valence-electron chi connectivity index (χ2n) is 5.21. The molecule has 0 aromatic heterocycles. The molecule has 0 aromatic rings. The summed E-state index contributed by atoms with van der Waals surface area (Å²) < 4.78 is 0. The minimum atomic E-state index is 0.326. The Morgan fingerprint density at radius 1 is 1.36 bits per heavy atom. The molecule has 1 aliphatic rings. The lowest BCUT2D eigenvalue weighted by Gasteiger charge is -2.36. The van der Waals surface area contributed by atoms with Gasteiger partial charge < -0.3 is 10.2 Å². The van der Waals surface area contributed by atoms with Gasteiger partial charge in [-0.2, -0.15) is 0 Å². The van der Waals surface area contributed by atoms with Crippen LogP contribution in [0.4, 0.5) is 0 Å². The summed E-state index contributed by atoms with van der Waals surface area (Å²) in [6.45, 7) is 12.9. The number of hydrogen-bond donors (Lipinski definition) is 1. The van der Waals surface area contributed by atoms with Crippen molar-refractivity contribution in [1.29, 1.82) is 0 Å². The molecule has 2 heteroatoms. The second-order valence-corrected chi connectivity index (χ2v) is 5.21. The highest BCUT2D eigenvalue weighted by atomic mass is 15.2. The summed E-state index contributed by atoms with van der Waals surface area (Å²) in [6.07, 6.45) is 3.82. The van der Waals surface area contributed by atoms with Crippen molar-refractivity contribution < 1.29 is 0 Å². The molecule has 1 N–H and O–H groups in total. The molecule has 0 radical (unpaired) electrons. The fraction of sp³-hybridized carbons (Fsp3) is 1.00. The van der Waals surface area contributed by atoms with E-state index in [-0.39, 0.29) is 0 Å². The summed E-state index contributed by atoms with van der Waals surface area (Å²) in [5.41, 5.74) is 0.326. The molecule has 0 aliphatic carbocycles. The van der Waals surface area contributed by atoms with Gasteiger partial charge in [0, 0.05) is 18.1 Å². The van der Waals surface area contributed by atoms with E-state index in [1.54, 1.807) is 0 Å². The molecule has 1 aliphatic heterocycles. The van der Waals surface area contributed by atoms with Crippen LogP contribution >= 0.6 is 0 Å². The maximum atomic E-state index is 3.61. The molecular weight excluding hydrogens is 172 g/mol. The summed E-state index contributed by atoms with van der Waals surface area (Å²) in [6, 6.07) is 0.754. The predicted molar refractivity (Wildman–Crippen MR) is 62.6 cm³/mol. The van der Waals surface area contributed by atoms with E-state index in [4.69, 9.17) is 0 Å². The Labute approximate surface area is 89.1 Å². The molecule has 1 rings (SSSR count). The van der Waals surface area contributed by atoms with Gasteiger partial charge in [0.15, 0.2) is 0 Å². The molecule has 1 heterocycles. The Kier molecular flexibility index (Phi) is 4.39. The molecule has 84 valence electrons. The molecule has 0 bridgehead atoms. The topological polar surface area (TPSA) is 15.3 Å². The molecule has 1 fully saturated rings. The van der Waals surface area contributed by atoms with Gasteiger partial charge in [-0.3, -0.25) is 0 Å². The van der Waals surface area contributed by atoms with Crippen molar-refractivity contribution in [3.63, 3.8) is 0 Å². The van der Waals surface area contributed by atoms with Gasteiger partial charge in [-0.1, -0.05) is 6.92 Å². The van der Waals surface area contributed by atoms with Crippen LogP contribution in [-0.4, -0.2) is 36.1 Å². The van der Waals surface area contributed by atoms with Gasteiger partial charge in [-0.25, -0.2) is 0 Å². The van der Waals surface area contributed by atoms with Crippen LogP contribution in [0.2, 0.25) is 0 Å². The summed E-state index contributed by atoms with van der Waals surface area (Å²) >= 11 is 0. The standard InChI is InChI=1S/C12H26N2/c1-5-11(2)14-9-6-8-13-12(3,4)7-10-14/h11,13H,5-10H2,1-4H3. The first kappa shape index (κ1) is 12.0. The molecule has 1 unspecified atom stereocenters. The first-order valence-corrected chi connectivity index (χ1v) is 6.04. The SMILES string of the molecule is CCC(C)N1CCCNC(C)(C)CC1. The minimum Gasteiger partial charge on any atom is -0.312 e. The average molecular weight is 198 g/mol. The monoisotopic (exact) mass is 198 g/mol. The Hall–Kier alpha value is -0.0800. The van der Waals surface area contributed by atoms with Crippen LogP contribution in [0.1, 0.15) is 47.0 Å². The Morgan fingerprint density at radius 3 is 2.71 bits per heavy atom. The van der Waals surface area contributed by atoms with E-state index in [1.165, 1.54) is 38.9 Å². The molecule has 2 nitrogen and oxygen atoms in total. The van der Waals surface area contributed by atoms with Gasteiger partial charge in [-0.05, 0) is 53.1 Å². The highest BCUT2D eigenvalue weighted by Gasteiger charge is 2.22. The number of hydrogen-bond acceptors (Lipinski definition) is 2. The Balaban J connectivity index is 2.46. The molecule has 14 heavy (non-hydrogen) atoms. The summed E-state index contributed by atoms with van der Waals surface area (Å²) in [4.78, 5) is 2.64. The van der Waals surface area contributed by atoms with Crippen molar-refractivity contribution in [2.24, 2.45) is 0 Å². The van der Waals surface area contributed by atoms with E-state index in [1.807, 2.05) is 0 Å². The van der Waals surface area contributed by atoms with Gasteiger partial charge in [0.1, 0.15) is 0 Å². The van der Waals surface area contributed by atoms with Crippen molar-refractivity contribution in [2.45, 2.75) is 58.5 Å². The first-order chi connectivity index (χ1) is 6.55. The quantitative estimate of drug-likeness (QED) is 0.732. The minimum absolute atomic E-state index is 0.326. The number of nitrogens with one attached hydrogen (secondary N) is 1. The van der Waals surface area contributed by atoms with Gasteiger partial charge in [0.25, 0.3) is 0 Å². The Morgan fingerprint density at radius 2 is 2.07 bits per heavy atom. The van der Waals surface area contributed by atoms with Crippen LogP contribution in [0.25, 0.3) is 0 Å².